The number of fused-ring (bicyclic) bond motifs is 1. The van der Waals surface area contributed by atoms with Gasteiger partial charge in [-0.2, -0.15) is 0 Å². The van der Waals surface area contributed by atoms with Gasteiger partial charge in [0.1, 0.15) is 5.00 Å². The van der Waals surface area contributed by atoms with Crippen molar-refractivity contribution in [2.45, 2.75) is 73.1 Å². The fourth-order valence-electron chi connectivity index (χ4n) is 3.82. The number of hydrogen-bond donors (Lipinski definition) is 1. The topological polar surface area (TPSA) is 55.4 Å². The van der Waals surface area contributed by atoms with Crippen LogP contribution in [-0.4, -0.2) is 19.0 Å². The first-order valence-corrected chi connectivity index (χ1v) is 10.6. The van der Waals surface area contributed by atoms with Gasteiger partial charge in [0.15, 0.2) is 0 Å². The van der Waals surface area contributed by atoms with Gasteiger partial charge in [-0.05, 0) is 49.0 Å². The van der Waals surface area contributed by atoms with Crippen LogP contribution in [0.4, 0.5) is 5.00 Å². The quantitative estimate of drug-likeness (QED) is 0.641. The second kappa shape index (κ2) is 8.55. The molecule has 0 aliphatic heterocycles. The van der Waals surface area contributed by atoms with Crippen LogP contribution in [0.15, 0.2) is 0 Å². The third kappa shape index (κ3) is 4.13. The fraction of sp³-hybridized carbons (Fsp3) is 0.714. The summed E-state index contributed by atoms with van der Waals surface area (Å²) in [5.74, 6) is 0.248. The zero-order chi connectivity index (χ0) is 19.5. The Balaban J connectivity index is 2.36. The van der Waals surface area contributed by atoms with E-state index in [0.29, 0.717) is 16.5 Å². The summed E-state index contributed by atoms with van der Waals surface area (Å²) in [5.41, 5.74) is 1.95. The Bertz CT molecular complexity index is 658. The molecule has 146 valence electrons. The van der Waals surface area contributed by atoms with E-state index in [4.69, 9.17) is 4.74 Å². The van der Waals surface area contributed by atoms with Crippen molar-refractivity contribution in [1.82, 2.24) is 0 Å². The summed E-state index contributed by atoms with van der Waals surface area (Å²) >= 11 is 1.57. The molecule has 0 spiro atoms. The molecule has 26 heavy (non-hydrogen) atoms. The maximum absolute atomic E-state index is 12.6. The maximum atomic E-state index is 12.6. The summed E-state index contributed by atoms with van der Waals surface area (Å²) in [6, 6.07) is 0. The lowest BCUT2D eigenvalue weighted by atomic mass is 9.69. The predicted molar refractivity (Wildman–Crippen MR) is 108 cm³/mol. The molecule has 5 heteroatoms. The van der Waals surface area contributed by atoms with Crippen LogP contribution in [0, 0.1) is 17.3 Å². The Kier molecular flexibility index (Phi) is 6.89. The monoisotopic (exact) mass is 379 g/mol. The van der Waals surface area contributed by atoms with Crippen LogP contribution >= 0.6 is 11.3 Å². The molecule has 1 unspecified atom stereocenters. The Morgan fingerprint density at radius 1 is 1.27 bits per heavy atom. The lowest BCUT2D eigenvalue weighted by Gasteiger charge is -2.36. The average Bonchev–Trinajstić information content (AvgIpc) is 2.98. The van der Waals surface area contributed by atoms with Crippen molar-refractivity contribution in [1.29, 1.82) is 0 Å². The van der Waals surface area contributed by atoms with E-state index in [2.05, 4.69) is 26.1 Å². The minimum absolute atomic E-state index is 0.00388. The minimum atomic E-state index is -0.337. The first-order chi connectivity index (χ1) is 12.3. The minimum Gasteiger partial charge on any atom is -0.465 e. The van der Waals surface area contributed by atoms with Crippen molar-refractivity contribution in [2.75, 3.05) is 12.4 Å². The summed E-state index contributed by atoms with van der Waals surface area (Å²) in [6.45, 7) is 10.9. The summed E-state index contributed by atoms with van der Waals surface area (Å²) < 4.78 is 5.03. The molecule has 1 aromatic heterocycles. The molecular weight excluding hydrogens is 346 g/mol. The highest BCUT2D eigenvalue weighted by Gasteiger charge is 2.35. The molecule has 2 rings (SSSR count). The van der Waals surface area contributed by atoms with E-state index in [1.807, 2.05) is 13.8 Å². The van der Waals surface area contributed by atoms with Crippen LogP contribution in [0.1, 0.15) is 81.1 Å². The van der Waals surface area contributed by atoms with Gasteiger partial charge < -0.3 is 10.1 Å². The molecule has 1 aliphatic carbocycles. The number of ether oxygens (including phenoxy) is 1. The first-order valence-electron chi connectivity index (χ1n) is 9.82. The molecule has 1 aromatic rings. The number of carbonyl (C=O) groups is 2. The van der Waals surface area contributed by atoms with Gasteiger partial charge in [-0.25, -0.2) is 4.79 Å². The van der Waals surface area contributed by atoms with Gasteiger partial charge in [-0.3, -0.25) is 4.79 Å². The molecule has 0 bridgehead atoms. The highest BCUT2D eigenvalue weighted by molar-refractivity contribution is 7.17. The lowest BCUT2D eigenvalue weighted by molar-refractivity contribution is -0.120. The maximum Gasteiger partial charge on any atom is 0.341 e. The summed E-state index contributed by atoms with van der Waals surface area (Å²) in [4.78, 5) is 26.2. The van der Waals surface area contributed by atoms with E-state index < -0.39 is 0 Å². The van der Waals surface area contributed by atoms with Gasteiger partial charge in [0.25, 0.3) is 0 Å². The fourth-order valence-corrected chi connectivity index (χ4v) is 5.14. The van der Waals surface area contributed by atoms with E-state index in [0.717, 1.165) is 44.1 Å². The highest BCUT2D eigenvalue weighted by atomic mass is 32.1. The van der Waals surface area contributed by atoms with Crippen LogP contribution in [0.3, 0.4) is 0 Å². The number of rotatable bonds is 7. The second-order valence-electron chi connectivity index (χ2n) is 7.98. The third-order valence-corrected chi connectivity index (χ3v) is 7.43. The summed E-state index contributed by atoms with van der Waals surface area (Å²) in [6.07, 6.45) is 5.67. The van der Waals surface area contributed by atoms with Crippen molar-refractivity contribution in [3.05, 3.63) is 16.0 Å². The van der Waals surface area contributed by atoms with E-state index in [1.165, 1.54) is 12.0 Å². The predicted octanol–water partition coefficient (Wildman–Crippen LogP) is 5.45. The van der Waals surface area contributed by atoms with Crippen molar-refractivity contribution in [3.8, 4) is 0 Å². The molecular formula is C21H33NO3S. The van der Waals surface area contributed by atoms with Crippen LogP contribution in [0.2, 0.25) is 0 Å². The first kappa shape index (κ1) is 20.9. The number of methoxy groups -OCH3 is 1. The van der Waals surface area contributed by atoms with E-state index >= 15 is 0 Å². The number of thiophene rings is 1. The Morgan fingerprint density at radius 2 is 1.92 bits per heavy atom. The van der Waals surface area contributed by atoms with E-state index in [9.17, 15) is 9.59 Å². The molecule has 0 radical (unpaired) electrons. The van der Waals surface area contributed by atoms with Crippen molar-refractivity contribution in [2.24, 2.45) is 17.3 Å². The van der Waals surface area contributed by atoms with Crippen molar-refractivity contribution in [3.63, 3.8) is 0 Å². The molecule has 0 fully saturated rings. The number of esters is 1. The van der Waals surface area contributed by atoms with Crippen LogP contribution < -0.4 is 5.32 Å². The molecule has 0 aromatic carbocycles. The van der Waals surface area contributed by atoms with E-state index in [-0.39, 0.29) is 23.2 Å². The molecule has 1 amide bonds. The summed E-state index contributed by atoms with van der Waals surface area (Å²) in [5, 5.41) is 3.71. The average molecular weight is 380 g/mol. The number of hydrogen-bond acceptors (Lipinski definition) is 4. The second-order valence-corrected chi connectivity index (χ2v) is 9.09. The molecule has 1 heterocycles. The molecule has 1 N–H and O–H groups in total. The molecule has 1 atom stereocenters. The van der Waals surface area contributed by atoms with Crippen molar-refractivity contribution < 1.29 is 14.3 Å². The number of carbonyl (C=O) groups excluding carboxylic acids is 2. The van der Waals surface area contributed by atoms with Crippen LogP contribution in [0.5, 0.6) is 0 Å². The Labute approximate surface area is 161 Å². The van der Waals surface area contributed by atoms with Gasteiger partial charge >= 0.3 is 5.97 Å². The number of amides is 1. The van der Waals surface area contributed by atoms with Gasteiger partial charge in [0.05, 0.1) is 12.7 Å². The van der Waals surface area contributed by atoms with E-state index in [1.54, 1.807) is 11.3 Å². The Morgan fingerprint density at radius 3 is 2.46 bits per heavy atom. The zero-order valence-corrected chi connectivity index (χ0v) is 17.8. The molecule has 0 saturated carbocycles. The molecule has 4 nitrogen and oxygen atoms in total. The van der Waals surface area contributed by atoms with Crippen LogP contribution in [-0.2, 0) is 22.4 Å². The molecule has 0 saturated heterocycles. The normalized spacial score (nSPS) is 17.1. The standard InChI is InChI=1S/C21H33NO3S/c1-7-13(8-2)18(23)22-19-17(20(24)25-6)15-11-10-14(12-16(15)26-19)21(4,5)9-3/h13-14H,7-12H2,1-6H3,(H,22,23). The highest BCUT2D eigenvalue weighted by Crippen LogP contribution is 2.45. The van der Waals surface area contributed by atoms with Gasteiger partial charge in [-0.15, -0.1) is 11.3 Å². The zero-order valence-electron chi connectivity index (χ0n) is 17.0. The van der Waals surface area contributed by atoms with Gasteiger partial charge in [0, 0.05) is 10.8 Å². The van der Waals surface area contributed by atoms with Crippen molar-refractivity contribution >= 4 is 28.2 Å². The third-order valence-electron chi connectivity index (χ3n) is 6.26. The van der Waals surface area contributed by atoms with Gasteiger partial charge in [-0.1, -0.05) is 41.0 Å². The summed E-state index contributed by atoms with van der Waals surface area (Å²) in [7, 11) is 1.41. The SMILES string of the molecule is CCC(CC)C(=O)Nc1sc2c(c1C(=O)OC)CCC(C(C)(C)CC)C2. The largest absolute Gasteiger partial charge is 0.465 e. The lowest BCUT2D eigenvalue weighted by Crippen LogP contribution is -2.28. The number of nitrogens with one attached hydrogen (secondary N) is 1. The molecule has 1 aliphatic rings. The van der Waals surface area contributed by atoms with Crippen LogP contribution in [0.25, 0.3) is 0 Å². The smallest absolute Gasteiger partial charge is 0.341 e. The van der Waals surface area contributed by atoms with Gasteiger partial charge in [0.2, 0.25) is 5.91 Å². The Hall–Kier alpha value is -1.36. The number of anilines is 1.